The molecule has 1 fully saturated rings. The number of anilines is 1. The van der Waals surface area contributed by atoms with Gasteiger partial charge < -0.3 is 15.2 Å². The van der Waals surface area contributed by atoms with Crippen LogP contribution in [0.1, 0.15) is 35.8 Å². The summed E-state index contributed by atoms with van der Waals surface area (Å²) in [4.78, 5) is 23.6. The molecule has 132 valence electrons. The Hall–Kier alpha value is -2.67. The summed E-state index contributed by atoms with van der Waals surface area (Å²) in [6, 6.07) is 7.21. The Morgan fingerprint density at radius 2 is 2.20 bits per heavy atom. The van der Waals surface area contributed by atoms with Crippen LogP contribution in [0.15, 0.2) is 30.5 Å². The van der Waals surface area contributed by atoms with Crippen LogP contribution < -0.4 is 5.32 Å². The van der Waals surface area contributed by atoms with Gasteiger partial charge in [-0.2, -0.15) is 5.10 Å². The van der Waals surface area contributed by atoms with Crippen molar-refractivity contribution in [3.05, 3.63) is 41.7 Å². The maximum absolute atomic E-state index is 12.5. The van der Waals surface area contributed by atoms with Crippen LogP contribution in [0.3, 0.4) is 0 Å². The second kappa shape index (κ2) is 7.06. The van der Waals surface area contributed by atoms with Crippen molar-refractivity contribution in [1.29, 1.82) is 0 Å². The standard InChI is InChI=1S/C18H21N3O4/c1-11-8-13(6-7-25-11)17(22)20-14-4-3-5-15(9-14)21-12(2)16(10-19-21)18(23)24/h3-5,9-11,13H,6-8H2,1-2H3,(H,20,22)(H,23,24). The van der Waals surface area contributed by atoms with Crippen LogP contribution in [0.2, 0.25) is 0 Å². The van der Waals surface area contributed by atoms with Gasteiger partial charge in [0.2, 0.25) is 5.91 Å². The second-order valence-electron chi connectivity index (χ2n) is 6.30. The molecule has 1 saturated heterocycles. The van der Waals surface area contributed by atoms with Gasteiger partial charge in [-0.3, -0.25) is 4.79 Å². The third-order valence-corrected chi connectivity index (χ3v) is 4.45. The van der Waals surface area contributed by atoms with E-state index in [1.807, 2.05) is 13.0 Å². The van der Waals surface area contributed by atoms with Crippen LogP contribution in [0.5, 0.6) is 0 Å². The summed E-state index contributed by atoms with van der Waals surface area (Å²) < 4.78 is 7.03. The summed E-state index contributed by atoms with van der Waals surface area (Å²) in [5.74, 6) is -1.09. The minimum atomic E-state index is -1.01. The molecule has 3 rings (SSSR count). The molecule has 1 aromatic heterocycles. The number of nitrogens with one attached hydrogen (secondary N) is 1. The number of nitrogens with zero attached hydrogens (tertiary/aromatic N) is 2. The van der Waals surface area contributed by atoms with Crippen LogP contribution in [-0.2, 0) is 9.53 Å². The van der Waals surface area contributed by atoms with E-state index in [1.54, 1.807) is 29.8 Å². The number of aromatic nitrogens is 2. The van der Waals surface area contributed by atoms with Gasteiger partial charge >= 0.3 is 5.97 Å². The van der Waals surface area contributed by atoms with Gasteiger partial charge in [0.05, 0.1) is 23.7 Å². The molecule has 0 aliphatic carbocycles. The van der Waals surface area contributed by atoms with Crippen molar-refractivity contribution in [2.75, 3.05) is 11.9 Å². The molecule has 7 nitrogen and oxygen atoms in total. The number of hydrogen-bond donors (Lipinski definition) is 2. The van der Waals surface area contributed by atoms with Crippen molar-refractivity contribution in [2.24, 2.45) is 5.92 Å². The van der Waals surface area contributed by atoms with Crippen molar-refractivity contribution >= 4 is 17.6 Å². The third-order valence-electron chi connectivity index (χ3n) is 4.45. The zero-order chi connectivity index (χ0) is 18.0. The Morgan fingerprint density at radius 3 is 2.88 bits per heavy atom. The first-order chi connectivity index (χ1) is 12.0. The number of aromatic carboxylic acids is 1. The van der Waals surface area contributed by atoms with E-state index >= 15 is 0 Å². The predicted octanol–water partition coefficient (Wildman–Crippen LogP) is 2.63. The zero-order valence-electron chi connectivity index (χ0n) is 14.2. The molecular formula is C18H21N3O4. The number of carboxylic acid groups (broad SMARTS) is 1. The second-order valence-corrected chi connectivity index (χ2v) is 6.30. The molecular weight excluding hydrogens is 322 g/mol. The number of rotatable bonds is 4. The largest absolute Gasteiger partial charge is 0.478 e. The van der Waals surface area contributed by atoms with Gasteiger partial charge in [0.1, 0.15) is 5.56 Å². The highest BCUT2D eigenvalue weighted by Crippen LogP contribution is 2.23. The van der Waals surface area contributed by atoms with Gasteiger partial charge in [-0.1, -0.05) is 6.07 Å². The Morgan fingerprint density at radius 1 is 1.40 bits per heavy atom. The van der Waals surface area contributed by atoms with E-state index < -0.39 is 5.97 Å². The fourth-order valence-electron chi connectivity index (χ4n) is 3.08. The van der Waals surface area contributed by atoms with Crippen LogP contribution >= 0.6 is 0 Å². The Labute approximate surface area is 145 Å². The maximum Gasteiger partial charge on any atom is 0.339 e. The SMILES string of the molecule is Cc1c(C(=O)O)cnn1-c1cccc(NC(=O)C2CCOC(C)C2)c1. The van der Waals surface area contributed by atoms with Crippen LogP contribution in [0.4, 0.5) is 5.69 Å². The number of carbonyl (C=O) groups is 2. The third kappa shape index (κ3) is 3.71. The molecule has 1 aliphatic heterocycles. The molecule has 2 unspecified atom stereocenters. The number of benzene rings is 1. The van der Waals surface area contributed by atoms with E-state index in [2.05, 4.69) is 10.4 Å². The van der Waals surface area contributed by atoms with Crippen molar-refractivity contribution in [3.63, 3.8) is 0 Å². The lowest BCUT2D eigenvalue weighted by Crippen LogP contribution is -2.32. The maximum atomic E-state index is 12.5. The normalized spacial score (nSPS) is 20.2. The number of hydrogen-bond acceptors (Lipinski definition) is 4. The minimum Gasteiger partial charge on any atom is -0.478 e. The van der Waals surface area contributed by atoms with Crippen molar-refractivity contribution in [2.45, 2.75) is 32.8 Å². The molecule has 2 N–H and O–H groups in total. The monoisotopic (exact) mass is 343 g/mol. The van der Waals surface area contributed by atoms with Crippen molar-refractivity contribution in [1.82, 2.24) is 9.78 Å². The van der Waals surface area contributed by atoms with Gasteiger partial charge in [0.25, 0.3) is 0 Å². The van der Waals surface area contributed by atoms with E-state index in [9.17, 15) is 9.59 Å². The lowest BCUT2D eigenvalue weighted by molar-refractivity contribution is -0.124. The molecule has 1 amide bonds. The summed E-state index contributed by atoms with van der Waals surface area (Å²) in [5.41, 5.74) is 2.05. The Kier molecular flexibility index (Phi) is 4.85. The average molecular weight is 343 g/mol. The Balaban J connectivity index is 1.78. The topological polar surface area (TPSA) is 93.5 Å². The number of carbonyl (C=O) groups excluding carboxylic acids is 1. The first-order valence-electron chi connectivity index (χ1n) is 8.26. The van der Waals surface area contributed by atoms with E-state index in [1.165, 1.54) is 6.20 Å². The van der Waals surface area contributed by atoms with Crippen LogP contribution in [0, 0.1) is 12.8 Å². The first kappa shape index (κ1) is 17.2. The highest BCUT2D eigenvalue weighted by molar-refractivity contribution is 5.93. The van der Waals surface area contributed by atoms with Gasteiger partial charge in [0.15, 0.2) is 0 Å². The van der Waals surface area contributed by atoms with Gasteiger partial charge in [-0.25, -0.2) is 9.48 Å². The molecule has 1 aromatic carbocycles. The fourth-order valence-corrected chi connectivity index (χ4v) is 3.08. The van der Waals surface area contributed by atoms with Crippen molar-refractivity contribution < 1.29 is 19.4 Å². The Bertz CT molecular complexity index is 799. The molecule has 0 radical (unpaired) electrons. The minimum absolute atomic E-state index is 0.0179. The van der Waals surface area contributed by atoms with Crippen LogP contribution in [0.25, 0.3) is 5.69 Å². The lowest BCUT2D eigenvalue weighted by Gasteiger charge is -2.26. The molecule has 0 bridgehead atoms. The summed E-state index contributed by atoms with van der Waals surface area (Å²) >= 11 is 0. The molecule has 1 aliphatic rings. The predicted molar refractivity (Wildman–Crippen MR) is 92.0 cm³/mol. The number of ether oxygens (including phenoxy) is 1. The summed E-state index contributed by atoms with van der Waals surface area (Å²) in [5, 5.41) is 16.2. The van der Waals surface area contributed by atoms with Gasteiger partial charge in [0, 0.05) is 18.2 Å². The molecule has 2 heterocycles. The van der Waals surface area contributed by atoms with Gasteiger partial charge in [-0.15, -0.1) is 0 Å². The summed E-state index contributed by atoms with van der Waals surface area (Å²) in [7, 11) is 0. The molecule has 7 heteroatoms. The summed E-state index contributed by atoms with van der Waals surface area (Å²) in [6.45, 7) is 4.27. The zero-order valence-corrected chi connectivity index (χ0v) is 14.2. The summed E-state index contributed by atoms with van der Waals surface area (Å²) in [6.07, 6.45) is 2.85. The molecule has 25 heavy (non-hydrogen) atoms. The van der Waals surface area contributed by atoms with E-state index in [-0.39, 0.29) is 23.5 Å². The average Bonchev–Trinajstić information content (AvgIpc) is 2.97. The van der Waals surface area contributed by atoms with E-state index in [0.717, 1.165) is 6.42 Å². The molecule has 2 atom stereocenters. The van der Waals surface area contributed by atoms with Crippen molar-refractivity contribution in [3.8, 4) is 5.69 Å². The molecule has 0 spiro atoms. The quantitative estimate of drug-likeness (QED) is 0.890. The van der Waals surface area contributed by atoms with E-state index in [0.29, 0.717) is 30.1 Å². The molecule has 2 aromatic rings. The van der Waals surface area contributed by atoms with Crippen LogP contribution in [-0.4, -0.2) is 39.5 Å². The fraction of sp³-hybridized carbons (Fsp3) is 0.389. The number of amides is 1. The van der Waals surface area contributed by atoms with Gasteiger partial charge in [-0.05, 0) is 44.9 Å². The lowest BCUT2D eigenvalue weighted by atomic mass is 9.95. The molecule has 0 saturated carbocycles. The van der Waals surface area contributed by atoms with E-state index in [4.69, 9.17) is 9.84 Å². The smallest absolute Gasteiger partial charge is 0.339 e. The number of carboxylic acids is 1. The highest BCUT2D eigenvalue weighted by Gasteiger charge is 2.25. The first-order valence-corrected chi connectivity index (χ1v) is 8.26. The highest BCUT2D eigenvalue weighted by atomic mass is 16.5.